The maximum absolute atomic E-state index is 12.9. The summed E-state index contributed by atoms with van der Waals surface area (Å²) in [6.07, 6.45) is 4.00. The van der Waals surface area contributed by atoms with E-state index in [9.17, 15) is 4.79 Å². The van der Waals surface area contributed by atoms with Crippen molar-refractivity contribution in [3.63, 3.8) is 0 Å². The Morgan fingerprint density at radius 1 is 1.23 bits per heavy atom. The fraction of sp³-hybridized carbons (Fsp3) is 0.476. The molecule has 2 aliphatic rings. The number of fused-ring (bicyclic) bond motifs is 1. The molecule has 1 N–H and O–H groups in total. The summed E-state index contributed by atoms with van der Waals surface area (Å²) in [6, 6.07) is 10.1. The molecule has 1 saturated heterocycles. The molecule has 1 amide bonds. The predicted octanol–water partition coefficient (Wildman–Crippen LogP) is 3.79. The summed E-state index contributed by atoms with van der Waals surface area (Å²) >= 11 is 0. The molecule has 0 bridgehead atoms. The zero-order valence-electron chi connectivity index (χ0n) is 15.5. The lowest BCUT2D eigenvalue weighted by Crippen LogP contribution is -2.45. The zero-order chi connectivity index (χ0) is 18.1. The summed E-state index contributed by atoms with van der Waals surface area (Å²) in [7, 11) is 0. The molecule has 0 aliphatic carbocycles. The van der Waals surface area contributed by atoms with Gasteiger partial charge in [-0.3, -0.25) is 4.79 Å². The first-order valence-electron chi connectivity index (χ1n) is 9.42. The van der Waals surface area contributed by atoms with Gasteiger partial charge in [-0.2, -0.15) is 0 Å². The van der Waals surface area contributed by atoms with Crippen LogP contribution in [0.3, 0.4) is 0 Å². The summed E-state index contributed by atoms with van der Waals surface area (Å²) < 4.78 is 10.9. The van der Waals surface area contributed by atoms with E-state index in [4.69, 9.17) is 9.47 Å². The number of carbonyl (C=O) groups excluding carboxylic acids is 1. The topological polar surface area (TPSA) is 54.6 Å². The van der Waals surface area contributed by atoms with Gasteiger partial charge < -0.3 is 19.4 Å². The van der Waals surface area contributed by atoms with Crippen LogP contribution >= 0.6 is 0 Å². The van der Waals surface area contributed by atoms with Gasteiger partial charge in [0.25, 0.3) is 5.91 Å². The standard InChI is InChI=1S/C21H26N2O3/c1-3-16-6-7-17(22-16)20(24)23-10-4-9-21(2,13-23)12-15-5-8-18-19(11-15)26-14-25-18/h5-8,11,22H,3-4,9-10,12-14H2,1-2H3/t21-/m0/s1. The summed E-state index contributed by atoms with van der Waals surface area (Å²) in [5.74, 6) is 1.76. The van der Waals surface area contributed by atoms with E-state index in [-0.39, 0.29) is 11.3 Å². The number of ether oxygens (including phenoxy) is 2. The average molecular weight is 354 g/mol. The summed E-state index contributed by atoms with van der Waals surface area (Å²) in [6.45, 7) is 6.28. The summed E-state index contributed by atoms with van der Waals surface area (Å²) in [5.41, 5.74) is 3.11. The quantitative estimate of drug-likeness (QED) is 0.909. The average Bonchev–Trinajstić information content (AvgIpc) is 3.29. The number of piperidine rings is 1. The van der Waals surface area contributed by atoms with Crippen molar-refractivity contribution < 1.29 is 14.3 Å². The highest BCUT2D eigenvalue weighted by molar-refractivity contribution is 5.92. The van der Waals surface area contributed by atoms with Gasteiger partial charge in [0.1, 0.15) is 5.69 Å². The van der Waals surface area contributed by atoms with Crippen LogP contribution in [-0.4, -0.2) is 35.7 Å². The van der Waals surface area contributed by atoms with Crippen LogP contribution in [0, 0.1) is 5.41 Å². The van der Waals surface area contributed by atoms with Crippen molar-refractivity contribution in [1.29, 1.82) is 0 Å². The number of amides is 1. The molecule has 5 nitrogen and oxygen atoms in total. The molecule has 0 unspecified atom stereocenters. The van der Waals surface area contributed by atoms with Crippen LogP contribution in [-0.2, 0) is 12.8 Å². The number of aromatic amines is 1. The largest absolute Gasteiger partial charge is 0.454 e. The number of benzene rings is 1. The summed E-state index contributed by atoms with van der Waals surface area (Å²) in [5, 5.41) is 0. The molecule has 0 spiro atoms. The van der Waals surface area contributed by atoms with Gasteiger partial charge in [0.15, 0.2) is 11.5 Å². The van der Waals surface area contributed by atoms with Crippen molar-refractivity contribution >= 4 is 5.91 Å². The maximum Gasteiger partial charge on any atom is 0.270 e. The van der Waals surface area contributed by atoms with E-state index in [2.05, 4.69) is 31.0 Å². The van der Waals surface area contributed by atoms with Crippen molar-refractivity contribution in [2.24, 2.45) is 5.41 Å². The number of hydrogen-bond acceptors (Lipinski definition) is 3. The lowest BCUT2D eigenvalue weighted by Gasteiger charge is -2.40. The van der Waals surface area contributed by atoms with Crippen LogP contribution in [0.15, 0.2) is 30.3 Å². The van der Waals surface area contributed by atoms with Crippen LogP contribution in [0.2, 0.25) is 0 Å². The second-order valence-corrected chi connectivity index (χ2v) is 7.76. The minimum atomic E-state index is 0.0712. The fourth-order valence-electron chi connectivity index (χ4n) is 4.12. The lowest BCUT2D eigenvalue weighted by molar-refractivity contribution is 0.0545. The second kappa shape index (κ2) is 6.71. The van der Waals surface area contributed by atoms with Gasteiger partial charge in [0, 0.05) is 18.8 Å². The first-order chi connectivity index (χ1) is 12.6. The van der Waals surface area contributed by atoms with Crippen LogP contribution < -0.4 is 9.47 Å². The molecule has 0 saturated carbocycles. The Bertz CT molecular complexity index is 813. The van der Waals surface area contributed by atoms with E-state index < -0.39 is 0 Å². The molecular weight excluding hydrogens is 328 g/mol. The van der Waals surface area contributed by atoms with Crippen LogP contribution in [0.5, 0.6) is 11.5 Å². The molecule has 4 rings (SSSR count). The Morgan fingerprint density at radius 3 is 2.88 bits per heavy atom. The molecule has 3 heterocycles. The number of nitrogens with zero attached hydrogens (tertiary/aromatic N) is 1. The van der Waals surface area contributed by atoms with Crippen molar-refractivity contribution in [2.75, 3.05) is 19.9 Å². The molecule has 1 fully saturated rings. The van der Waals surface area contributed by atoms with Gasteiger partial charge in [-0.1, -0.05) is 19.9 Å². The van der Waals surface area contributed by atoms with E-state index in [1.54, 1.807) is 0 Å². The first-order valence-corrected chi connectivity index (χ1v) is 9.42. The van der Waals surface area contributed by atoms with E-state index in [0.717, 1.165) is 56.0 Å². The number of aromatic nitrogens is 1. The fourth-order valence-corrected chi connectivity index (χ4v) is 4.12. The monoisotopic (exact) mass is 354 g/mol. The van der Waals surface area contributed by atoms with Gasteiger partial charge >= 0.3 is 0 Å². The number of aryl methyl sites for hydroxylation is 1. The number of nitrogens with one attached hydrogen (secondary N) is 1. The molecular formula is C21H26N2O3. The predicted molar refractivity (Wildman–Crippen MR) is 99.7 cm³/mol. The Hall–Kier alpha value is -2.43. The van der Waals surface area contributed by atoms with Crippen molar-refractivity contribution in [3.05, 3.63) is 47.3 Å². The van der Waals surface area contributed by atoms with Gasteiger partial charge in [-0.05, 0) is 60.9 Å². The van der Waals surface area contributed by atoms with Crippen molar-refractivity contribution in [1.82, 2.24) is 9.88 Å². The second-order valence-electron chi connectivity index (χ2n) is 7.76. The smallest absolute Gasteiger partial charge is 0.270 e. The number of carbonyl (C=O) groups is 1. The van der Waals surface area contributed by atoms with Gasteiger partial charge in [0.05, 0.1) is 0 Å². The number of rotatable bonds is 4. The Kier molecular flexibility index (Phi) is 4.39. The number of likely N-dealkylation sites (tertiary alicyclic amines) is 1. The van der Waals surface area contributed by atoms with Gasteiger partial charge in [0.2, 0.25) is 6.79 Å². The molecule has 5 heteroatoms. The molecule has 2 aliphatic heterocycles. The van der Waals surface area contributed by atoms with Crippen LogP contribution in [0.4, 0.5) is 0 Å². The maximum atomic E-state index is 12.9. The SMILES string of the molecule is CCc1ccc(C(=O)N2CCC[C@@](C)(Cc3ccc4c(c3)OCO4)C2)[nH]1. The van der Waals surface area contributed by atoms with Gasteiger partial charge in [-0.15, -0.1) is 0 Å². The van der Waals surface area contributed by atoms with E-state index >= 15 is 0 Å². The van der Waals surface area contributed by atoms with Gasteiger partial charge in [-0.25, -0.2) is 0 Å². The van der Waals surface area contributed by atoms with Crippen LogP contribution in [0.25, 0.3) is 0 Å². The number of H-pyrrole nitrogens is 1. The Morgan fingerprint density at radius 2 is 2.08 bits per heavy atom. The minimum Gasteiger partial charge on any atom is -0.454 e. The highest BCUT2D eigenvalue weighted by Crippen LogP contribution is 2.37. The molecule has 1 atom stereocenters. The number of hydrogen-bond donors (Lipinski definition) is 1. The molecule has 26 heavy (non-hydrogen) atoms. The lowest BCUT2D eigenvalue weighted by atomic mass is 9.77. The van der Waals surface area contributed by atoms with E-state index in [1.165, 1.54) is 5.56 Å². The zero-order valence-corrected chi connectivity index (χ0v) is 15.5. The highest BCUT2D eigenvalue weighted by Gasteiger charge is 2.34. The molecule has 0 radical (unpaired) electrons. The third-order valence-corrected chi connectivity index (χ3v) is 5.49. The van der Waals surface area contributed by atoms with Crippen molar-refractivity contribution in [2.45, 2.75) is 39.5 Å². The molecule has 2 aromatic rings. The normalized spacial score (nSPS) is 21.8. The van der Waals surface area contributed by atoms with Crippen LogP contribution in [0.1, 0.15) is 48.4 Å². The minimum absolute atomic E-state index is 0.0712. The van der Waals surface area contributed by atoms with E-state index in [0.29, 0.717) is 12.5 Å². The molecule has 1 aromatic carbocycles. The molecule has 1 aromatic heterocycles. The molecule has 138 valence electrons. The highest BCUT2D eigenvalue weighted by atomic mass is 16.7. The third-order valence-electron chi connectivity index (χ3n) is 5.49. The van der Waals surface area contributed by atoms with Crippen molar-refractivity contribution in [3.8, 4) is 11.5 Å². The first kappa shape index (κ1) is 17.0. The Balaban J connectivity index is 1.47. The van der Waals surface area contributed by atoms with E-state index in [1.807, 2.05) is 23.1 Å². The summed E-state index contributed by atoms with van der Waals surface area (Å²) in [4.78, 5) is 18.1. The third kappa shape index (κ3) is 3.30. The Labute approximate surface area is 154 Å².